The number of halogens is 1. The molecule has 0 fully saturated rings. The monoisotopic (exact) mass is 302 g/mol. The molecule has 0 saturated carbocycles. The number of aldehydes is 1. The minimum absolute atomic E-state index is 0.106. The standard InChI is InChI=1S/C16H15FN2O3/c1-10-5-11(3-4-14(10)17)7-19-8-12(9-20)6-13(16(19)22)15(21)18-2/h3-6,8-9H,7H2,1-2H3,(H,18,21). The van der Waals surface area contributed by atoms with Gasteiger partial charge in [0.2, 0.25) is 0 Å². The lowest BCUT2D eigenvalue weighted by Crippen LogP contribution is -2.32. The molecule has 1 heterocycles. The maximum absolute atomic E-state index is 13.3. The molecule has 0 spiro atoms. The van der Waals surface area contributed by atoms with Crippen molar-refractivity contribution in [3.05, 3.63) is 68.9 Å². The molecule has 5 nitrogen and oxygen atoms in total. The van der Waals surface area contributed by atoms with Crippen molar-refractivity contribution in [3.8, 4) is 0 Å². The van der Waals surface area contributed by atoms with Crippen molar-refractivity contribution in [2.45, 2.75) is 13.5 Å². The van der Waals surface area contributed by atoms with Crippen LogP contribution >= 0.6 is 0 Å². The van der Waals surface area contributed by atoms with Crippen molar-refractivity contribution < 1.29 is 14.0 Å². The molecule has 1 N–H and O–H groups in total. The fourth-order valence-electron chi connectivity index (χ4n) is 2.14. The minimum atomic E-state index is -0.558. The van der Waals surface area contributed by atoms with Gasteiger partial charge in [-0.1, -0.05) is 12.1 Å². The van der Waals surface area contributed by atoms with E-state index in [1.807, 2.05) is 0 Å². The van der Waals surface area contributed by atoms with Crippen molar-refractivity contribution in [2.24, 2.45) is 0 Å². The Morgan fingerprint density at radius 2 is 2.09 bits per heavy atom. The van der Waals surface area contributed by atoms with Crippen LogP contribution < -0.4 is 10.9 Å². The Bertz CT molecular complexity index is 796. The molecule has 2 aromatic rings. The van der Waals surface area contributed by atoms with Crippen LogP contribution in [0.2, 0.25) is 0 Å². The number of hydrogen-bond donors (Lipinski definition) is 1. The van der Waals surface area contributed by atoms with Crippen molar-refractivity contribution in [3.63, 3.8) is 0 Å². The van der Waals surface area contributed by atoms with Gasteiger partial charge in [-0.25, -0.2) is 4.39 Å². The van der Waals surface area contributed by atoms with E-state index < -0.39 is 11.5 Å². The average Bonchev–Trinajstić information content (AvgIpc) is 2.52. The van der Waals surface area contributed by atoms with E-state index in [0.717, 1.165) is 0 Å². The summed E-state index contributed by atoms with van der Waals surface area (Å²) in [6.07, 6.45) is 1.94. The number of amides is 1. The lowest BCUT2D eigenvalue weighted by molar-refractivity contribution is 0.0961. The molecule has 0 atom stereocenters. The van der Waals surface area contributed by atoms with Gasteiger partial charge >= 0.3 is 0 Å². The van der Waals surface area contributed by atoms with E-state index >= 15 is 0 Å². The molecule has 0 aliphatic carbocycles. The second kappa shape index (κ2) is 6.34. The van der Waals surface area contributed by atoms with E-state index in [1.165, 1.54) is 29.9 Å². The Balaban J connectivity index is 2.50. The molecule has 0 aliphatic rings. The van der Waals surface area contributed by atoms with Gasteiger partial charge in [-0.2, -0.15) is 0 Å². The molecule has 114 valence electrons. The zero-order valence-corrected chi connectivity index (χ0v) is 12.2. The average molecular weight is 302 g/mol. The fraction of sp³-hybridized carbons (Fsp3) is 0.188. The third-order valence-electron chi connectivity index (χ3n) is 3.29. The molecule has 22 heavy (non-hydrogen) atoms. The number of benzene rings is 1. The number of hydrogen-bond acceptors (Lipinski definition) is 3. The van der Waals surface area contributed by atoms with Crippen LogP contribution in [0.15, 0.2) is 35.3 Å². The Morgan fingerprint density at radius 3 is 2.68 bits per heavy atom. The van der Waals surface area contributed by atoms with Gasteiger partial charge in [-0.15, -0.1) is 0 Å². The SMILES string of the molecule is CNC(=O)c1cc(C=O)cn(Cc2ccc(F)c(C)c2)c1=O. The van der Waals surface area contributed by atoms with Crippen molar-refractivity contribution in [1.29, 1.82) is 0 Å². The summed E-state index contributed by atoms with van der Waals surface area (Å²) in [5, 5.41) is 2.36. The van der Waals surface area contributed by atoms with Crippen LogP contribution in [0.4, 0.5) is 4.39 Å². The maximum Gasteiger partial charge on any atom is 0.263 e. The minimum Gasteiger partial charge on any atom is -0.355 e. The lowest BCUT2D eigenvalue weighted by Gasteiger charge is -2.10. The zero-order valence-electron chi connectivity index (χ0n) is 12.2. The molecule has 1 amide bonds. The molecule has 0 saturated heterocycles. The summed E-state index contributed by atoms with van der Waals surface area (Å²) in [5.74, 6) is -0.887. The first-order valence-electron chi connectivity index (χ1n) is 6.63. The van der Waals surface area contributed by atoms with Gasteiger partial charge in [0.05, 0.1) is 6.54 Å². The summed E-state index contributed by atoms with van der Waals surface area (Å²) in [6.45, 7) is 1.77. The van der Waals surface area contributed by atoms with Crippen molar-refractivity contribution >= 4 is 12.2 Å². The van der Waals surface area contributed by atoms with E-state index in [0.29, 0.717) is 17.4 Å². The highest BCUT2D eigenvalue weighted by molar-refractivity contribution is 5.95. The van der Waals surface area contributed by atoms with Crippen LogP contribution in [-0.2, 0) is 6.54 Å². The van der Waals surface area contributed by atoms with Gasteiger partial charge < -0.3 is 9.88 Å². The van der Waals surface area contributed by atoms with Crippen LogP contribution in [-0.4, -0.2) is 23.8 Å². The highest BCUT2D eigenvalue weighted by atomic mass is 19.1. The number of carbonyl (C=O) groups excluding carboxylic acids is 2. The summed E-state index contributed by atoms with van der Waals surface area (Å²) in [7, 11) is 1.41. The number of pyridine rings is 1. The Morgan fingerprint density at radius 1 is 1.36 bits per heavy atom. The van der Waals surface area contributed by atoms with Crippen molar-refractivity contribution in [1.82, 2.24) is 9.88 Å². The van der Waals surface area contributed by atoms with Gasteiger partial charge in [0.25, 0.3) is 11.5 Å². The number of carbonyl (C=O) groups is 2. The Hall–Kier alpha value is -2.76. The molecule has 0 bridgehead atoms. The largest absolute Gasteiger partial charge is 0.355 e. The molecular weight excluding hydrogens is 287 g/mol. The van der Waals surface area contributed by atoms with Crippen LogP contribution in [0.5, 0.6) is 0 Å². The Kier molecular flexibility index (Phi) is 4.50. The molecule has 1 aromatic carbocycles. The first-order chi connectivity index (χ1) is 10.5. The van der Waals surface area contributed by atoms with E-state index in [-0.39, 0.29) is 23.5 Å². The summed E-state index contributed by atoms with van der Waals surface area (Å²) >= 11 is 0. The highest BCUT2D eigenvalue weighted by Crippen LogP contribution is 2.10. The smallest absolute Gasteiger partial charge is 0.263 e. The van der Waals surface area contributed by atoms with E-state index in [9.17, 15) is 18.8 Å². The number of rotatable bonds is 4. The molecule has 0 unspecified atom stereocenters. The summed E-state index contributed by atoms with van der Waals surface area (Å²) < 4.78 is 14.5. The molecule has 6 heteroatoms. The van der Waals surface area contributed by atoms with Gasteiger partial charge in [0.15, 0.2) is 6.29 Å². The number of nitrogens with zero attached hydrogens (tertiary/aromatic N) is 1. The number of nitrogens with one attached hydrogen (secondary N) is 1. The third kappa shape index (κ3) is 3.11. The topological polar surface area (TPSA) is 68.2 Å². The van der Waals surface area contributed by atoms with Crippen molar-refractivity contribution in [2.75, 3.05) is 7.05 Å². The quantitative estimate of drug-likeness (QED) is 0.871. The Labute approximate surface area is 126 Å². The predicted molar refractivity (Wildman–Crippen MR) is 79.7 cm³/mol. The summed E-state index contributed by atoms with van der Waals surface area (Å²) in [5.41, 5.74) is 0.769. The predicted octanol–water partition coefficient (Wildman–Crippen LogP) is 1.52. The van der Waals surface area contributed by atoms with Crippen LogP contribution in [0.25, 0.3) is 0 Å². The van der Waals surface area contributed by atoms with Gasteiger partial charge in [-0.05, 0) is 30.2 Å². The summed E-state index contributed by atoms with van der Waals surface area (Å²) in [6, 6.07) is 5.75. The second-order valence-electron chi connectivity index (χ2n) is 4.90. The maximum atomic E-state index is 13.3. The first-order valence-corrected chi connectivity index (χ1v) is 6.63. The van der Waals surface area contributed by atoms with E-state index in [1.54, 1.807) is 19.1 Å². The number of aryl methyl sites for hydroxylation is 1. The van der Waals surface area contributed by atoms with E-state index in [4.69, 9.17) is 0 Å². The van der Waals surface area contributed by atoms with Crippen LogP contribution in [0.1, 0.15) is 31.8 Å². The second-order valence-corrected chi connectivity index (χ2v) is 4.90. The van der Waals surface area contributed by atoms with E-state index in [2.05, 4.69) is 5.32 Å². The fourth-order valence-corrected chi connectivity index (χ4v) is 2.14. The van der Waals surface area contributed by atoms with Crippen LogP contribution in [0.3, 0.4) is 0 Å². The normalized spacial score (nSPS) is 10.3. The zero-order chi connectivity index (χ0) is 16.3. The third-order valence-corrected chi connectivity index (χ3v) is 3.29. The first kappa shape index (κ1) is 15.6. The van der Waals surface area contributed by atoms with Gasteiger partial charge in [-0.3, -0.25) is 14.4 Å². The molecular formula is C16H15FN2O3. The van der Waals surface area contributed by atoms with Crippen LogP contribution in [0, 0.1) is 12.7 Å². The molecule has 1 aromatic heterocycles. The summed E-state index contributed by atoms with van der Waals surface area (Å²) in [4.78, 5) is 35.0. The molecule has 0 radical (unpaired) electrons. The van der Waals surface area contributed by atoms with Gasteiger partial charge in [0, 0.05) is 18.8 Å². The van der Waals surface area contributed by atoms with Gasteiger partial charge in [0.1, 0.15) is 11.4 Å². The number of aromatic nitrogens is 1. The molecule has 2 rings (SSSR count). The lowest BCUT2D eigenvalue weighted by atomic mass is 10.1. The molecule has 0 aliphatic heterocycles. The highest BCUT2D eigenvalue weighted by Gasteiger charge is 2.13.